The van der Waals surface area contributed by atoms with Gasteiger partial charge in [0, 0.05) is 18.3 Å². The molecule has 0 unspecified atom stereocenters. The zero-order chi connectivity index (χ0) is 28.2. The summed E-state index contributed by atoms with van der Waals surface area (Å²) in [6.07, 6.45) is 0.584. The third-order valence-corrected chi connectivity index (χ3v) is 6.81. The molecule has 0 radical (unpaired) electrons. The third kappa shape index (κ3) is 10.7. The van der Waals surface area contributed by atoms with Crippen molar-refractivity contribution in [2.75, 3.05) is 6.54 Å². The summed E-state index contributed by atoms with van der Waals surface area (Å²) in [5, 5.41) is 14.1. The molecule has 0 aliphatic rings. The van der Waals surface area contributed by atoms with E-state index in [-0.39, 0.29) is 36.2 Å². The van der Waals surface area contributed by atoms with Crippen LogP contribution in [0, 0.1) is 0 Å². The van der Waals surface area contributed by atoms with Crippen molar-refractivity contribution in [2.45, 2.75) is 76.6 Å². The molecule has 2 atom stereocenters. The number of halogens is 4. The molecule has 0 bridgehead atoms. The fourth-order valence-electron chi connectivity index (χ4n) is 3.11. The smallest absolute Gasteiger partial charge is 0.384 e. The van der Waals surface area contributed by atoms with Crippen molar-refractivity contribution in [3.63, 3.8) is 0 Å². The molecule has 1 rings (SSSR count). The number of sulfonamides is 1. The lowest BCUT2D eigenvalue weighted by Crippen LogP contribution is -2.41. The number of benzene rings is 1. The molecule has 0 amide bonds. The summed E-state index contributed by atoms with van der Waals surface area (Å²) in [6.45, 7) is 16.4. The zero-order valence-electron chi connectivity index (χ0n) is 21.5. The van der Waals surface area contributed by atoms with Gasteiger partial charge in [-0.05, 0) is 69.0 Å². The highest BCUT2D eigenvalue weighted by molar-refractivity contribution is 7.89. The van der Waals surface area contributed by atoms with Gasteiger partial charge in [0.1, 0.15) is 5.60 Å². The second kappa shape index (κ2) is 15.0. The van der Waals surface area contributed by atoms with E-state index in [9.17, 15) is 31.1 Å². The van der Waals surface area contributed by atoms with Gasteiger partial charge in [0.25, 0.3) is 0 Å². The molecule has 0 saturated heterocycles. The van der Waals surface area contributed by atoms with Gasteiger partial charge >= 0.3 is 6.18 Å². The molecule has 0 aromatic heterocycles. The van der Waals surface area contributed by atoms with Crippen LogP contribution in [-0.4, -0.2) is 31.7 Å². The molecule has 204 valence electrons. The van der Waals surface area contributed by atoms with Gasteiger partial charge < -0.3 is 10.4 Å². The minimum absolute atomic E-state index is 0.0348. The molecule has 5 nitrogen and oxygen atoms in total. The van der Waals surface area contributed by atoms with Gasteiger partial charge in [-0.1, -0.05) is 46.1 Å². The number of nitrogens with one attached hydrogen (secondary N) is 2. The molecule has 0 fully saturated rings. The van der Waals surface area contributed by atoms with Crippen LogP contribution in [-0.2, 0) is 16.2 Å². The first-order valence-electron chi connectivity index (χ1n) is 11.7. The number of hydrogen-bond donors (Lipinski definition) is 3. The summed E-state index contributed by atoms with van der Waals surface area (Å²) in [4.78, 5) is -0.285. The highest BCUT2D eigenvalue weighted by Crippen LogP contribution is 2.30. The van der Waals surface area contributed by atoms with Crippen molar-refractivity contribution >= 4 is 10.0 Å². The lowest BCUT2D eigenvalue weighted by molar-refractivity contribution is -0.137. The first-order valence-corrected chi connectivity index (χ1v) is 13.2. The molecule has 0 heterocycles. The Morgan fingerprint density at radius 3 is 2.17 bits per heavy atom. The average Bonchev–Trinajstić information content (AvgIpc) is 2.82. The summed E-state index contributed by atoms with van der Waals surface area (Å²) in [7, 11) is -4.01. The second-order valence-corrected chi connectivity index (χ2v) is 9.64. The monoisotopic (exact) mass is 534 g/mol. The predicted octanol–water partition coefficient (Wildman–Crippen LogP) is 6.41. The standard InChI is InChI=1S/C24H32F4N2O3S.C2H6/c1-6-20(10-9-17(3)25)18(4)30-19(5)23(31,7-2)15-8-16-29-34(32,33)22-13-11-21(12-14-22)24(26,27)28;1-2/h6,9-14,18,29-31H,1,5,7-8,15-16H2,2-4H3;1-2H3/b17-9+,20-10+;/t18-,23-;/m1./s1. The molecule has 0 spiro atoms. The van der Waals surface area contributed by atoms with E-state index < -0.39 is 27.4 Å². The topological polar surface area (TPSA) is 78.4 Å². The zero-order valence-corrected chi connectivity index (χ0v) is 22.4. The number of hydrogen-bond acceptors (Lipinski definition) is 4. The molecule has 0 aliphatic heterocycles. The Morgan fingerprint density at radius 2 is 1.72 bits per heavy atom. The largest absolute Gasteiger partial charge is 0.416 e. The van der Waals surface area contributed by atoms with E-state index in [1.165, 1.54) is 13.0 Å². The van der Waals surface area contributed by atoms with E-state index in [0.717, 1.165) is 12.1 Å². The highest BCUT2D eigenvalue weighted by atomic mass is 32.2. The van der Waals surface area contributed by atoms with E-state index in [1.807, 2.05) is 13.8 Å². The van der Waals surface area contributed by atoms with Crippen LogP contribution in [0.3, 0.4) is 0 Å². The SMILES string of the molecule is C=C/C(=C\C=C(/C)F)[C@@H](C)NC(=C)[C@@](O)(CC)CCCNS(=O)(=O)c1ccc(C(F)(F)F)cc1.CC. The summed E-state index contributed by atoms with van der Waals surface area (Å²) < 4.78 is 78.0. The van der Waals surface area contributed by atoms with E-state index in [2.05, 4.69) is 23.2 Å². The van der Waals surface area contributed by atoms with Gasteiger partial charge in [0.05, 0.1) is 16.3 Å². The van der Waals surface area contributed by atoms with Gasteiger partial charge in [-0.3, -0.25) is 0 Å². The van der Waals surface area contributed by atoms with Crippen molar-refractivity contribution in [1.82, 2.24) is 10.0 Å². The molecule has 36 heavy (non-hydrogen) atoms. The van der Waals surface area contributed by atoms with Crippen LogP contribution in [0.15, 0.2) is 77.6 Å². The minimum Gasteiger partial charge on any atom is -0.384 e. The Morgan fingerprint density at radius 1 is 1.17 bits per heavy atom. The number of allylic oxidation sites excluding steroid dienone is 3. The van der Waals surface area contributed by atoms with Crippen LogP contribution < -0.4 is 10.0 Å². The second-order valence-electron chi connectivity index (χ2n) is 7.88. The predicted molar refractivity (Wildman–Crippen MR) is 137 cm³/mol. The average molecular weight is 535 g/mol. The van der Waals surface area contributed by atoms with E-state index >= 15 is 0 Å². The summed E-state index contributed by atoms with van der Waals surface area (Å²) in [5.74, 6) is -0.366. The summed E-state index contributed by atoms with van der Waals surface area (Å²) in [5.41, 5.74) is -1.28. The van der Waals surface area contributed by atoms with Gasteiger partial charge in [-0.2, -0.15) is 13.2 Å². The maximum atomic E-state index is 13.0. The quantitative estimate of drug-likeness (QED) is 0.155. The van der Waals surface area contributed by atoms with Gasteiger partial charge in [0.15, 0.2) is 0 Å². The molecule has 1 aromatic carbocycles. The fourth-order valence-corrected chi connectivity index (χ4v) is 4.19. The first kappa shape index (κ1) is 33.6. The van der Waals surface area contributed by atoms with Gasteiger partial charge in [-0.25, -0.2) is 17.5 Å². The lowest BCUT2D eigenvalue weighted by Gasteiger charge is -2.32. The Hall–Kier alpha value is -2.43. The van der Waals surface area contributed by atoms with Crippen LogP contribution in [0.1, 0.15) is 59.4 Å². The Bertz CT molecular complexity index is 1010. The van der Waals surface area contributed by atoms with Crippen molar-refractivity contribution in [3.8, 4) is 0 Å². The van der Waals surface area contributed by atoms with Crippen LogP contribution in [0.25, 0.3) is 0 Å². The van der Waals surface area contributed by atoms with E-state index in [0.29, 0.717) is 29.8 Å². The molecule has 3 N–H and O–H groups in total. The number of aliphatic hydroxyl groups is 1. The first-order chi connectivity index (χ1) is 16.7. The molecular formula is C26H38F4N2O3S. The highest BCUT2D eigenvalue weighted by Gasteiger charge is 2.31. The lowest BCUT2D eigenvalue weighted by atomic mass is 9.90. The third-order valence-electron chi connectivity index (χ3n) is 5.33. The molecule has 0 saturated carbocycles. The number of alkyl halides is 3. The Kier molecular flexibility index (Phi) is 14.0. The summed E-state index contributed by atoms with van der Waals surface area (Å²) in [6, 6.07) is 2.88. The van der Waals surface area contributed by atoms with Gasteiger partial charge in [-0.15, -0.1) is 0 Å². The fraction of sp³-hybridized carbons (Fsp3) is 0.462. The van der Waals surface area contributed by atoms with Crippen LogP contribution in [0.5, 0.6) is 0 Å². The normalized spacial score (nSPS) is 15.3. The molecule has 10 heteroatoms. The van der Waals surface area contributed by atoms with Crippen molar-refractivity contribution in [1.29, 1.82) is 0 Å². The van der Waals surface area contributed by atoms with Crippen LogP contribution in [0.4, 0.5) is 17.6 Å². The van der Waals surface area contributed by atoms with Crippen LogP contribution >= 0.6 is 0 Å². The van der Waals surface area contributed by atoms with Gasteiger partial charge in [0.2, 0.25) is 10.0 Å². The van der Waals surface area contributed by atoms with Crippen LogP contribution in [0.2, 0.25) is 0 Å². The maximum Gasteiger partial charge on any atom is 0.416 e. The van der Waals surface area contributed by atoms with Crippen molar-refractivity contribution < 1.29 is 31.1 Å². The minimum atomic E-state index is -4.56. The Labute approximate surface area is 212 Å². The molecular weight excluding hydrogens is 496 g/mol. The number of rotatable bonds is 13. The maximum absolute atomic E-state index is 13.0. The molecule has 1 aromatic rings. The Balaban J connectivity index is 0.00000596. The van der Waals surface area contributed by atoms with E-state index in [4.69, 9.17) is 0 Å². The van der Waals surface area contributed by atoms with E-state index in [1.54, 1.807) is 26.0 Å². The van der Waals surface area contributed by atoms with Crippen molar-refractivity contribution in [3.05, 3.63) is 78.3 Å². The van der Waals surface area contributed by atoms with Crippen molar-refractivity contribution in [2.24, 2.45) is 0 Å². The summed E-state index contributed by atoms with van der Waals surface area (Å²) >= 11 is 0. The molecule has 0 aliphatic carbocycles.